The second-order valence-corrected chi connectivity index (χ2v) is 13.0. The monoisotopic (exact) mass is 435 g/mol. The van der Waals surface area contributed by atoms with Gasteiger partial charge in [-0.3, -0.25) is 14.5 Å². The highest BCUT2D eigenvalue weighted by Crippen LogP contribution is 2.45. The third-order valence-corrected chi connectivity index (χ3v) is 8.78. The second kappa shape index (κ2) is 9.17. The molecular weight excluding hydrogens is 402 g/mol. The number of ether oxygens (including phenoxy) is 2. The summed E-state index contributed by atoms with van der Waals surface area (Å²) < 4.78 is 11.5. The van der Waals surface area contributed by atoms with Crippen LogP contribution in [0.15, 0.2) is 24.3 Å². The molecule has 2 N–H and O–H groups in total. The molecular formula is C22H33NO6Si. The number of β-lactam (4-membered cyclic amide) rings is 1. The molecule has 1 amide bonds. The van der Waals surface area contributed by atoms with Crippen molar-refractivity contribution in [3.05, 3.63) is 29.8 Å². The lowest BCUT2D eigenvalue weighted by Crippen LogP contribution is -2.54. The third kappa shape index (κ3) is 4.94. The van der Waals surface area contributed by atoms with Crippen molar-refractivity contribution in [3.8, 4) is 0 Å². The average molecular weight is 436 g/mol. The fourth-order valence-electron chi connectivity index (χ4n) is 4.96. The van der Waals surface area contributed by atoms with Crippen molar-refractivity contribution in [1.29, 1.82) is 0 Å². The van der Waals surface area contributed by atoms with Crippen molar-refractivity contribution in [1.82, 2.24) is 0 Å². The van der Waals surface area contributed by atoms with Gasteiger partial charge in [-0.05, 0) is 56.0 Å². The van der Waals surface area contributed by atoms with Gasteiger partial charge in [0.1, 0.15) is 0 Å². The molecule has 30 heavy (non-hydrogen) atoms. The van der Waals surface area contributed by atoms with E-state index < -0.39 is 20.5 Å². The lowest BCUT2D eigenvalue weighted by Gasteiger charge is -2.39. The molecule has 0 aliphatic carbocycles. The summed E-state index contributed by atoms with van der Waals surface area (Å²) in [4.78, 5) is 35.5. The molecule has 0 saturated carbocycles. The highest BCUT2D eigenvalue weighted by atomic mass is 28.4. The van der Waals surface area contributed by atoms with E-state index in [1.54, 1.807) is 0 Å². The Bertz CT molecular complexity index is 779. The Labute approximate surface area is 179 Å². The molecule has 2 heterocycles. The average Bonchev–Trinajstić information content (AvgIpc) is 2.95. The first kappa shape index (κ1) is 22.9. The molecule has 2 aliphatic rings. The van der Waals surface area contributed by atoms with Crippen LogP contribution in [0.2, 0.25) is 18.6 Å². The van der Waals surface area contributed by atoms with Crippen LogP contribution in [0.25, 0.3) is 0 Å². The maximum Gasteiger partial charge on any atom is 0.304 e. The highest BCUT2D eigenvalue weighted by Gasteiger charge is 2.49. The van der Waals surface area contributed by atoms with Crippen molar-refractivity contribution in [2.24, 2.45) is 5.92 Å². The van der Waals surface area contributed by atoms with Crippen LogP contribution in [-0.2, 0) is 25.5 Å². The van der Waals surface area contributed by atoms with E-state index in [2.05, 4.69) is 6.92 Å². The van der Waals surface area contributed by atoms with Crippen molar-refractivity contribution in [2.75, 3.05) is 11.5 Å². The smallest absolute Gasteiger partial charge is 0.304 e. The van der Waals surface area contributed by atoms with E-state index in [1.165, 1.54) is 11.8 Å². The zero-order chi connectivity index (χ0) is 22.1. The maximum atomic E-state index is 12.0. The van der Waals surface area contributed by atoms with Crippen LogP contribution in [0.3, 0.4) is 0 Å². The Morgan fingerprint density at radius 1 is 1.30 bits per heavy atom. The van der Waals surface area contributed by atoms with E-state index in [4.69, 9.17) is 9.47 Å². The lowest BCUT2D eigenvalue weighted by atomic mass is 9.95. The minimum absolute atomic E-state index is 0.0218. The number of carbonyl (C=O) groups excluding carboxylic acids is 2. The Morgan fingerprint density at radius 2 is 2.03 bits per heavy atom. The number of aryl methyl sites for hydroxylation is 1. The van der Waals surface area contributed by atoms with Gasteiger partial charge in [-0.1, -0.05) is 19.1 Å². The summed E-state index contributed by atoms with van der Waals surface area (Å²) in [6.07, 6.45) is 1.73. The number of hydrogen-bond donors (Lipinski definition) is 2. The lowest BCUT2D eigenvalue weighted by molar-refractivity contribution is -0.153. The molecule has 166 valence electrons. The Morgan fingerprint density at radius 3 is 2.63 bits per heavy atom. The largest absolute Gasteiger partial charge is 0.441 e. The first-order valence-corrected chi connectivity index (χ1v) is 13.7. The maximum absolute atomic E-state index is 12.0. The molecule has 2 fully saturated rings. The van der Waals surface area contributed by atoms with Gasteiger partial charge in [0.25, 0.3) is 0 Å². The van der Waals surface area contributed by atoms with Crippen molar-refractivity contribution in [3.63, 3.8) is 0 Å². The number of hydrogen-bond acceptors (Lipinski definition) is 6. The van der Waals surface area contributed by atoms with Gasteiger partial charge < -0.3 is 19.4 Å². The molecule has 0 bridgehead atoms. The molecule has 7 nitrogen and oxygen atoms in total. The Hall–Kier alpha value is -1.74. The SMILES string of the molecule is CC(=O)OC1CC(=O)N1c1cccc(CC[C@H]2O[C@@H](CCO)[C@H]([Si](C)(C)O)[C@H]2C)c1. The van der Waals surface area contributed by atoms with Crippen LogP contribution < -0.4 is 4.90 Å². The van der Waals surface area contributed by atoms with Crippen molar-refractivity contribution < 1.29 is 29.0 Å². The molecule has 1 unspecified atom stereocenters. The van der Waals surface area contributed by atoms with Crippen LogP contribution in [0.1, 0.15) is 38.7 Å². The van der Waals surface area contributed by atoms with Gasteiger partial charge in [0.2, 0.25) is 5.91 Å². The quantitative estimate of drug-likeness (QED) is 0.370. The summed E-state index contributed by atoms with van der Waals surface area (Å²) in [5, 5.41) is 9.39. The predicted octanol–water partition coefficient (Wildman–Crippen LogP) is 2.60. The minimum atomic E-state index is -2.41. The molecule has 1 aromatic carbocycles. The Balaban J connectivity index is 1.66. The molecule has 0 aromatic heterocycles. The first-order chi connectivity index (χ1) is 14.1. The summed E-state index contributed by atoms with van der Waals surface area (Å²) in [5.41, 5.74) is 1.91. The highest BCUT2D eigenvalue weighted by molar-refractivity contribution is 6.71. The zero-order valence-electron chi connectivity index (χ0n) is 18.2. The van der Waals surface area contributed by atoms with Crippen molar-refractivity contribution >= 4 is 25.9 Å². The number of aliphatic hydroxyl groups excluding tert-OH is 1. The fourth-order valence-corrected chi connectivity index (χ4v) is 7.62. The summed E-state index contributed by atoms with van der Waals surface area (Å²) in [6, 6.07) is 7.72. The van der Waals surface area contributed by atoms with Gasteiger partial charge >= 0.3 is 5.97 Å². The van der Waals surface area contributed by atoms with Gasteiger partial charge in [0, 0.05) is 24.8 Å². The van der Waals surface area contributed by atoms with Gasteiger partial charge in [-0.2, -0.15) is 0 Å². The minimum Gasteiger partial charge on any atom is -0.441 e. The van der Waals surface area contributed by atoms with E-state index in [-0.39, 0.29) is 42.6 Å². The summed E-state index contributed by atoms with van der Waals surface area (Å²) >= 11 is 0. The van der Waals surface area contributed by atoms with Gasteiger partial charge in [0.15, 0.2) is 14.5 Å². The van der Waals surface area contributed by atoms with Crippen molar-refractivity contribution in [2.45, 2.75) is 76.6 Å². The number of carbonyl (C=O) groups is 2. The number of anilines is 1. The Kier molecular flexibility index (Phi) is 7.01. The first-order valence-electron chi connectivity index (χ1n) is 10.7. The van der Waals surface area contributed by atoms with E-state index >= 15 is 0 Å². The molecule has 8 heteroatoms. The second-order valence-electron chi connectivity index (χ2n) is 9.00. The molecule has 2 aliphatic heterocycles. The summed E-state index contributed by atoms with van der Waals surface area (Å²) in [6.45, 7) is 7.42. The number of aliphatic hydroxyl groups is 1. The molecule has 0 radical (unpaired) electrons. The molecule has 5 atom stereocenters. The predicted molar refractivity (Wildman–Crippen MR) is 115 cm³/mol. The summed E-state index contributed by atoms with van der Waals surface area (Å²) in [7, 11) is -2.41. The number of rotatable bonds is 8. The fraction of sp³-hybridized carbons (Fsp3) is 0.636. The standard InChI is InChI=1S/C22H33NO6Si/c1-14-18(29-19(10-11-24)22(14)30(3,4)27)9-8-16-6-5-7-17(12-16)23-20(26)13-21(23)28-15(2)25/h5-7,12,14,18-19,21-22,24,27H,8-11,13H2,1-4H3/t14-,18+,19-,21?,22+/m0/s1. The summed E-state index contributed by atoms with van der Waals surface area (Å²) in [5.74, 6) is -0.235. The van der Waals surface area contributed by atoms with Gasteiger partial charge in [0.05, 0.1) is 18.6 Å². The third-order valence-electron chi connectivity index (χ3n) is 6.25. The van der Waals surface area contributed by atoms with Crippen LogP contribution in [0.5, 0.6) is 0 Å². The molecule has 0 spiro atoms. The van der Waals surface area contributed by atoms with E-state index in [0.717, 1.165) is 24.1 Å². The van der Waals surface area contributed by atoms with Gasteiger partial charge in [-0.25, -0.2) is 0 Å². The number of nitrogens with zero attached hydrogens (tertiary/aromatic N) is 1. The molecule has 3 rings (SSSR count). The van der Waals surface area contributed by atoms with Crippen LogP contribution in [-0.4, -0.2) is 55.1 Å². The van der Waals surface area contributed by atoms with E-state index in [0.29, 0.717) is 6.42 Å². The zero-order valence-corrected chi connectivity index (χ0v) is 19.2. The number of esters is 1. The van der Waals surface area contributed by atoms with Gasteiger partial charge in [-0.15, -0.1) is 0 Å². The van der Waals surface area contributed by atoms with E-state index in [9.17, 15) is 19.5 Å². The van der Waals surface area contributed by atoms with Crippen LogP contribution in [0.4, 0.5) is 5.69 Å². The van der Waals surface area contributed by atoms with E-state index in [1.807, 2.05) is 37.4 Å². The number of benzene rings is 1. The molecule has 1 aromatic rings. The number of amides is 1. The molecule has 2 saturated heterocycles. The van der Waals surface area contributed by atoms with Crippen LogP contribution in [0, 0.1) is 5.92 Å². The topological polar surface area (TPSA) is 96.3 Å². The van der Waals surface area contributed by atoms with Crippen LogP contribution >= 0.6 is 0 Å². The normalized spacial score (nSPS) is 29.1.